The van der Waals surface area contributed by atoms with Crippen LogP contribution in [0.2, 0.25) is 0 Å². The van der Waals surface area contributed by atoms with Crippen LogP contribution in [0, 0.1) is 6.92 Å². The lowest BCUT2D eigenvalue weighted by atomic mass is 10.1. The molecular formula is C19H21N3O2S. The van der Waals surface area contributed by atoms with Crippen molar-refractivity contribution in [2.75, 3.05) is 7.05 Å². The molecule has 1 heterocycles. The van der Waals surface area contributed by atoms with Gasteiger partial charge in [-0.3, -0.25) is 4.68 Å². The van der Waals surface area contributed by atoms with Crippen molar-refractivity contribution in [3.05, 3.63) is 83.7 Å². The van der Waals surface area contributed by atoms with Crippen molar-refractivity contribution in [3.8, 4) is 0 Å². The number of sulfonamides is 1. The Hall–Kier alpha value is -2.44. The highest BCUT2D eigenvalue weighted by atomic mass is 32.2. The number of hydrogen-bond acceptors (Lipinski definition) is 3. The third-order valence-electron chi connectivity index (χ3n) is 4.16. The highest BCUT2D eigenvalue weighted by Crippen LogP contribution is 2.18. The Balaban J connectivity index is 1.77. The number of rotatable bonds is 6. The van der Waals surface area contributed by atoms with E-state index in [1.54, 1.807) is 17.9 Å². The van der Waals surface area contributed by atoms with Crippen molar-refractivity contribution in [2.24, 2.45) is 0 Å². The van der Waals surface area contributed by atoms with Gasteiger partial charge < -0.3 is 0 Å². The molecule has 0 aliphatic carbocycles. The van der Waals surface area contributed by atoms with Gasteiger partial charge in [-0.2, -0.15) is 9.40 Å². The lowest BCUT2D eigenvalue weighted by Gasteiger charge is -2.17. The molecule has 0 fully saturated rings. The summed E-state index contributed by atoms with van der Waals surface area (Å²) in [7, 11) is -1.98. The molecule has 3 aromatic rings. The zero-order valence-electron chi connectivity index (χ0n) is 14.3. The van der Waals surface area contributed by atoms with Gasteiger partial charge in [0.25, 0.3) is 0 Å². The minimum atomic E-state index is -3.58. The van der Waals surface area contributed by atoms with Crippen LogP contribution >= 0.6 is 0 Å². The molecule has 0 atom stereocenters. The van der Waals surface area contributed by atoms with Gasteiger partial charge in [-0.15, -0.1) is 0 Å². The van der Waals surface area contributed by atoms with Crippen molar-refractivity contribution in [1.82, 2.24) is 14.1 Å². The largest absolute Gasteiger partial charge is 0.267 e. The predicted molar refractivity (Wildman–Crippen MR) is 97.6 cm³/mol. The van der Waals surface area contributed by atoms with E-state index in [0.29, 0.717) is 13.1 Å². The average Bonchev–Trinajstić information content (AvgIpc) is 3.07. The van der Waals surface area contributed by atoms with Crippen LogP contribution in [-0.2, 0) is 23.1 Å². The van der Waals surface area contributed by atoms with E-state index >= 15 is 0 Å². The molecule has 0 unspecified atom stereocenters. The molecule has 130 valence electrons. The van der Waals surface area contributed by atoms with Crippen LogP contribution in [0.5, 0.6) is 0 Å². The summed E-state index contributed by atoms with van der Waals surface area (Å²) in [6.07, 6.45) is 2.99. The number of nitrogens with zero attached hydrogens (tertiary/aromatic N) is 3. The molecule has 0 aliphatic heterocycles. The third-order valence-corrected chi connectivity index (χ3v) is 5.92. The Labute approximate surface area is 148 Å². The first kappa shape index (κ1) is 17.4. The van der Waals surface area contributed by atoms with Gasteiger partial charge in [0.1, 0.15) is 4.90 Å². The molecule has 0 radical (unpaired) electrons. The highest BCUT2D eigenvalue weighted by Gasteiger charge is 2.23. The van der Waals surface area contributed by atoms with Gasteiger partial charge in [-0.1, -0.05) is 54.6 Å². The monoisotopic (exact) mass is 355 g/mol. The average molecular weight is 355 g/mol. The topological polar surface area (TPSA) is 55.2 Å². The standard InChI is InChI=1S/C19H21N3O2S/c1-16-8-6-7-11-18(16)14-21(2)25(23,24)19-12-20-22(15-19)13-17-9-4-3-5-10-17/h3-12,15H,13-14H2,1-2H3. The van der Waals surface area contributed by atoms with E-state index in [1.165, 1.54) is 10.5 Å². The van der Waals surface area contributed by atoms with Gasteiger partial charge in [0.15, 0.2) is 0 Å². The van der Waals surface area contributed by atoms with Crippen LogP contribution in [0.1, 0.15) is 16.7 Å². The maximum Gasteiger partial charge on any atom is 0.246 e. The number of aromatic nitrogens is 2. The molecule has 25 heavy (non-hydrogen) atoms. The SMILES string of the molecule is Cc1ccccc1CN(C)S(=O)(=O)c1cnn(Cc2ccccc2)c1. The summed E-state index contributed by atoms with van der Waals surface area (Å²) in [6.45, 7) is 2.85. The quantitative estimate of drug-likeness (QED) is 0.683. The fourth-order valence-corrected chi connectivity index (χ4v) is 3.73. The Morgan fingerprint density at radius 3 is 2.44 bits per heavy atom. The molecule has 2 aromatic carbocycles. The normalized spacial score (nSPS) is 11.8. The van der Waals surface area contributed by atoms with E-state index in [9.17, 15) is 8.42 Å². The van der Waals surface area contributed by atoms with Gasteiger partial charge in [-0.05, 0) is 23.6 Å². The fourth-order valence-electron chi connectivity index (χ4n) is 2.63. The van der Waals surface area contributed by atoms with Gasteiger partial charge in [-0.25, -0.2) is 8.42 Å². The maximum absolute atomic E-state index is 12.8. The summed E-state index contributed by atoms with van der Waals surface area (Å²) in [5, 5.41) is 4.20. The Morgan fingerprint density at radius 1 is 1.04 bits per heavy atom. The van der Waals surface area contributed by atoms with Crippen molar-refractivity contribution < 1.29 is 8.42 Å². The number of hydrogen-bond donors (Lipinski definition) is 0. The summed E-state index contributed by atoms with van der Waals surface area (Å²) < 4.78 is 28.6. The van der Waals surface area contributed by atoms with E-state index in [4.69, 9.17) is 0 Å². The molecule has 1 aromatic heterocycles. The summed E-state index contributed by atoms with van der Waals surface area (Å²) in [6, 6.07) is 17.6. The van der Waals surface area contributed by atoms with Gasteiger partial charge in [0.05, 0.1) is 12.7 Å². The van der Waals surface area contributed by atoms with E-state index in [1.807, 2.05) is 61.5 Å². The van der Waals surface area contributed by atoms with E-state index in [0.717, 1.165) is 16.7 Å². The predicted octanol–water partition coefficient (Wildman–Crippen LogP) is 3.06. The minimum Gasteiger partial charge on any atom is -0.267 e. The molecule has 0 bridgehead atoms. The summed E-state index contributed by atoms with van der Waals surface area (Å²) in [4.78, 5) is 0.208. The van der Waals surface area contributed by atoms with Crippen LogP contribution in [0.3, 0.4) is 0 Å². The first-order valence-electron chi connectivity index (χ1n) is 8.04. The Kier molecular flexibility index (Phi) is 5.01. The second kappa shape index (κ2) is 7.21. The van der Waals surface area contributed by atoms with Crippen molar-refractivity contribution in [2.45, 2.75) is 24.9 Å². The van der Waals surface area contributed by atoms with Crippen LogP contribution < -0.4 is 0 Å². The van der Waals surface area contributed by atoms with Gasteiger partial charge in [0, 0.05) is 19.8 Å². The summed E-state index contributed by atoms with van der Waals surface area (Å²) in [5.41, 5.74) is 3.14. The van der Waals surface area contributed by atoms with Crippen LogP contribution in [0.4, 0.5) is 0 Å². The first-order chi connectivity index (χ1) is 12.0. The summed E-state index contributed by atoms with van der Waals surface area (Å²) in [5.74, 6) is 0. The molecule has 6 heteroatoms. The molecule has 0 aliphatic rings. The Morgan fingerprint density at radius 2 is 1.72 bits per heavy atom. The molecule has 3 rings (SSSR count). The van der Waals surface area contributed by atoms with Crippen LogP contribution in [0.15, 0.2) is 71.9 Å². The highest BCUT2D eigenvalue weighted by molar-refractivity contribution is 7.89. The third kappa shape index (κ3) is 3.97. The van der Waals surface area contributed by atoms with Gasteiger partial charge >= 0.3 is 0 Å². The second-order valence-electron chi connectivity index (χ2n) is 6.05. The van der Waals surface area contributed by atoms with Crippen molar-refractivity contribution in [1.29, 1.82) is 0 Å². The van der Waals surface area contributed by atoms with E-state index in [-0.39, 0.29) is 4.90 Å². The van der Waals surface area contributed by atoms with Crippen LogP contribution in [-0.4, -0.2) is 29.6 Å². The lowest BCUT2D eigenvalue weighted by Crippen LogP contribution is -2.26. The Bertz CT molecular complexity index is 950. The summed E-state index contributed by atoms with van der Waals surface area (Å²) >= 11 is 0. The molecule has 5 nitrogen and oxygen atoms in total. The number of benzene rings is 2. The van der Waals surface area contributed by atoms with Crippen molar-refractivity contribution >= 4 is 10.0 Å². The lowest BCUT2D eigenvalue weighted by molar-refractivity contribution is 0.466. The van der Waals surface area contributed by atoms with Gasteiger partial charge in [0.2, 0.25) is 10.0 Å². The van der Waals surface area contributed by atoms with Crippen molar-refractivity contribution in [3.63, 3.8) is 0 Å². The van der Waals surface area contributed by atoms with E-state index < -0.39 is 10.0 Å². The molecule has 0 amide bonds. The molecule has 0 saturated carbocycles. The number of aryl methyl sites for hydroxylation is 1. The zero-order chi connectivity index (χ0) is 17.9. The smallest absolute Gasteiger partial charge is 0.246 e. The minimum absolute atomic E-state index is 0.208. The van der Waals surface area contributed by atoms with E-state index in [2.05, 4.69) is 5.10 Å². The maximum atomic E-state index is 12.8. The fraction of sp³-hybridized carbons (Fsp3) is 0.211. The molecule has 0 N–H and O–H groups in total. The van der Waals surface area contributed by atoms with Crippen LogP contribution in [0.25, 0.3) is 0 Å². The molecule has 0 spiro atoms. The first-order valence-corrected chi connectivity index (χ1v) is 9.48. The zero-order valence-corrected chi connectivity index (χ0v) is 15.1. The molecule has 0 saturated heterocycles. The second-order valence-corrected chi connectivity index (χ2v) is 8.09. The molecular weight excluding hydrogens is 334 g/mol.